The predicted molar refractivity (Wildman–Crippen MR) is 101 cm³/mol. The number of hydrogen-bond donors (Lipinski definition) is 3. The molecule has 3 amide bonds. The molecule has 6 nitrogen and oxygen atoms in total. The monoisotopic (exact) mass is 353 g/mol. The Kier molecular flexibility index (Phi) is 6.49. The highest BCUT2D eigenvalue weighted by Gasteiger charge is 2.25. The second-order valence-corrected chi connectivity index (χ2v) is 6.21. The quantitative estimate of drug-likeness (QED) is 0.745. The van der Waals surface area contributed by atoms with Gasteiger partial charge in [-0.25, -0.2) is 0 Å². The highest BCUT2D eigenvalue weighted by Crippen LogP contribution is 2.13. The van der Waals surface area contributed by atoms with E-state index in [1.54, 1.807) is 55.6 Å². The van der Waals surface area contributed by atoms with E-state index in [0.29, 0.717) is 16.8 Å². The zero-order chi connectivity index (χ0) is 19.1. The van der Waals surface area contributed by atoms with Crippen LogP contribution >= 0.6 is 0 Å². The van der Waals surface area contributed by atoms with Crippen LogP contribution in [0.25, 0.3) is 0 Å². The van der Waals surface area contributed by atoms with Gasteiger partial charge in [0.1, 0.15) is 6.04 Å². The number of benzene rings is 2. The highest BCUT2D eigenvalue weighted by atomic mass is 16.2. The molecular formula is C20H23N3O3. The van der Waals surface area contributed by atoms with Gasteiger partial charge in [0.05, 0.1) is 0 Å². The molecule has 6 heteroatoms. The summed E-state index contributed by atoms with van der Waals surface area (Å²) in [6.07, 6.45) is 0. The SMILES string of the molecule is CNC(=O)c1cccc(NC(=O)C(NC(=O)c2ccccc2)C(C)C)c1. The van der Waals surface area contributed by atoms with Crippen molar-refractivity contribution in [1.82, 2.24) is 10.6 Å². The van der Waals surface area contributed by atoms with Crippen molar-refractivity contribution in [2.75, 3.05) is 12.4 Å². The van der Waals surface area contributed by atoms with Gasteiger partial charge in [-0.2, -0.15) is 0 Å². The second-order valence-electron chi connectivity index (χ2n) is 6.21. The van der Waals surface area contributed by atoms with E-state index in [1.165, 1.54) is 0 Å². The molecule has 3 N–H and O–H groups in total. The van der Waals surface area contributed by atoms with Gasteiger partial charge in [-0.1, -0.05) is 38.1 Å². The molecule has 1 atom stereocenters. The Morgan fingerprint density at radius 1 is 0.846 bits per heavy atom. The fourth-order valence-electron chi connectivity index (χ4n) is 2.45. The molecule has 2 aromatic rings. The number of carbonyl (C=O) groups is 3. The number of carbonyl (C=O) groups excluding carboxylic acids is 3. The third-order valence-electron chi connectivity index (χ3n) is 3.89. The van der Waals surface area contributed by atoms with Crippen LogP contribution in [0.15, 0.2) is 54.6 Å². The topological polar surface area (TPSA) is 87.3 Å². The summed E-state index contributed by atoms with van der Waals surface area (Å²) < 4.78 is 0. The molecule has 0 aliphatic rings. The summed E-state index contributed by atoms with van der Waals surface area (Å²) in [5.74, 6) is -0.986. The molecule has 0 saturated heterocycles. The van der Waals surface area contributed by atoms with Crippen LogP contribution in [0.2, 0.25) is 0 Å². The molecule has 0 radical (unpaired) electrons. The molecule has 26 heavy (non-hydrogen) atoms. The molecule has 0 fully saturated rings. The Morgan fingerprint density at radius 3 is 2.12 bits per heavy atom. The Labute approximate surface area is 153 Å². The van der Waals surface area contributed by atoms with E-state index in [1.807, 2.05) is 19.9 Å². The smallest absolute Gasteiger partial charge is 0.251 e. The van der Waals surface area contributed by atoms with Crippen LogP contribution in [-0.2, 0) is 4.79 Å². The molecule has 0 spiro atoms. The summed E-state index contributed by atoms with van der Waals surface area (Å²) in [5, 5.41) is 8.08. The molecular weight excluding hydrogens is 330 g/mol. The predicted octanol–water partition coefficient (Wildman–Crippen LogP) is 2.44. The van der Waals surface area contributed by atoms with Crippen molar-refractivity contribution in [2.24, 2.45) is 5.92 Å². The Bertz CT molecular complexity index is 788. The van der Waals surface area contributed by atoms with Gasteiger partial charge in [0.25, 0.3) is 11.8 Å². The van der Waals surface area contributed by atoms with Crippen LogP contribution in [0.3, 0.4) is 0 Å². The summed E-state index contributed by atoms with van der Waals surface area (Å²) in [6, 6.07) is 14.7. The van der Waals surface area contributed by atoms with E-state index < -0.39 is 6.04 Å². The number of nitrogens with one attached hydrogen (secondary N) is 3. The molecule has 1 unspecified atom stereocenters. The minimum Gasteiger partial charge on any atom is -0.355 e. The maximum Gasteiger partial charge on any atom is 0.251 e. The van der Waals surface area contributed by atoms with Crippen LogP contribution in [-0.4, -0.2) is 30.8 Å². The van der Waals surface area contributed by atoms with Gasteiger partial charge in [0.2, 0.25) is 5.91 Å². The van der Waals surface area contributed by atoms with E-state index in [-0.39, 0.29) is 23.6 Å². The first-order valence-electron chi connectivity index (χ1n) is 8.41. The second kappa shape index (κ2) is 8.80. The molecule has 0 bridgehead atoms. The normalized spacial score (nSPS) is 11.5. The first kappa shape index (κ1) is 19.2. The first-order valence-corrected chi connectivity index (χ1v) is 8.41. The van der Waals surface area contributed by atoms with Crippen molar-refractivity contribution >= 4 is 23.4 Å². The van der Waals surface area contributed by atoms with Crippen molar-refractivity contribution in [2.45, 2.75) is 19.9 Å². The van der Waals surface area contributed by atoms with Crippen molar-refractivity contribution in [3.05, 3.63) is 65.7 Å². The van der Waals surface area contributed by atoms with Crippen molar-refractivity contribution < 1.29 is 14.4 Å². The van der Waals surface area contributed by atoms with Crippen molar-refractivity contribution in [3.63, 3.8) is 0 Å². The zero-order valence-electron chi connectivity index (χ0n) is 15.1. The minimum absolute atomic E-state index is 0.107. The third kappa shape index (κ3) is 4.92. The van der Waals surface area contributed by atoms with Gasteiger partial charge in [0, 0.05) is 23.9 Å². The summed E-state index contributed by atoms with van der Waals surface area (Å²) in [7, 11) is 1.54. The molecule has 2 rings (SSSR count). The lowest BCUT2D eigenvalue weighted by atomic mass is 10.0. The summed E-state index contributed by atoms with van der Waals surface area (Å²) in [6.45, 7) is 3.72. The van der Waals surface area contributed by atoms with Gasteiger partial charge < -0.3 is 16.0 Å². The van der Waals surface area contributed by atoms with Crippen LogP contribution < -0.4 is 16.0 Å². The van der Waals surface area contributed by atoms with E-state index in [2.05, 4.69) is 16.0 Å². The molecule has 0 aromatic heterocycles. The maximum atomic E-state index is 12.6. The lowest BCUT2D eigenvalue weighted by Crippen LogP contribution is -2.47. The van der Waals surface area contributed by atoms with Crippen molar-refractivity contribution in [3.8, 4) is 0 Å². The van der Waals surface area contributed by atoms with E-state index >= 15 is 0 Å². The summed E-state index contributed by atoms with van der Waals surface area (Å²) >= 11 is 0. The van der Waals surface area contributed by atoms with Crippen molar-refractivity contribution in [1.29, 1.82) is 0 Å². The van der Waals surface area contributed by atoms with Crippen LogP contribution in [0.1, 0.15) is 34.6 Å². The molecule has 136 valence electrons. The number of hydrogen-bond acceptors (Lipinski definition) is 3. The van der Waals surface area contributed by atoms with Gasteiger partial charge in [0.15, 0.2) is 0 Å². The molecule has 0 heterocycles. The van der Waals surface area contributed by atoms with Gasteiger partial charge >= 0.3 is 0 Å². The van der Waals surface area contributed by atoms with E-state index in [4.69, 9.17) is 0 Å². The van der Waals surface area contributed by atoms with Gasteiger partial charge in [-0.3, -0.25) is 14.4 Å². The van der Waals surface area contributed by atoms with E-state index in [0.717, 1.165) is 0 Å². The van der Waals surface area contributed by atoms with Gasteiger partial charge in [-0.15, -0.1) is 0 Å². The largest absolute Gasteiger partial charge is 0.355 e. The standard InChI is InChI=1S/C20H23N3O3/c1-13(2)17(23-19(25)14-8-5-4-6-9-14)20(26)22-16-11-7-10-15(12-16)18(24)21-3/h4-13,17H,1-3H3,(H,21,24)(H,22,26)(H,23,25). The van der Waals surface area contributed by atoms with Crippen LogP contribution in [0, 0.1) is 5.92 Å². The molecule has 0 aliphatic carbocycles. The summed E-state index contributed by atoms with van der Waals surface area (Å²) in [5.41, 5.74) is 1.43. The lowest BCUT2D eigenvalue weighted by molar-refractivity contribution is -0.118. The average molecular weight is 353 g/mol. The summed E-state index contributed by atoms with van der Waals surface area (Å²) in [4.78, 5) is 36.7. The molecule has 2 aromatic carbocycles. The van der Waals surface area contributed by atoms with E-state index in [9.17, 15) is 14.4 Å². The highest BCUT2D eigenvalue weighted by molar-refractivity contribution is 6.02. The first-order chi connectivity index (χ1) is 12.4. The Morgan fingerprint density at radius 2 is 1.50 bits per heavy atom. The Hall–Kier alpha value is -3.15. The lowest BCUT2D eigenvalue weighted by Gasteiger charge is -2.22. The van der Waals surface area contributed by atoms with Gasteiger partial charge in [-0.05, 0) is 36.2 Å². The fourth-order valence-corrected chi connectivity index (χ4v) is 2.45. The number of anilines is 1. The van der Waals surface area contributed by atoms with Crippen LogP contribution in [0.4, 0.5) is 5.69 Å². The number of rotatable bonds is 6. The third-order valence-corrected chi connectivity index (χ3v) is 3.89. The molecule has 0 saturated carbocycles. The average Bonchev–Trinajstić information content (AvgIpc) is 2.65. The fraction of sp³-hybridized carbons (Fsp3) is 0.250. The minimum atomic E-state index is -0.702. The maximum absolute atomic E-state index is 12.6. The van der Waals surface area contributed by atoms with Crippen LogP contribution in [0.5, 0.6) is 0 Å². The molecule has 0 aliphatic heterocycles. The Balaban J connectivity index is 2.11. The number of amides is 3. The zero-order valence-corrected chi connectivity index (χ0v) is 15.1.